The third-order valence-corrected chi connectivity index (χ3v) is 4.18. The van der Waals surface area contributed by atoms with Gasteiger partial charge in [-0.1, -0.05) is 66.3 Å². The van der Waals surface area contributed by atoms with Crippen molar-refractivity contribution in [3.8, 4) is 0 Å². The fraction of sp³-hybridized carbons (Fsp3) is 0.0667. The summed E-state index contributed by atoms with van der Waals surface area (Å²) < 4.78 is 0.367. The lowest BCUT2D eigenvalue weighted by Crippen LogP contribution is -2.08. The summed E-state index contributed by atoms with van der Waals surface area (Å²) in [5, 5.41) is 0.543. The lowest BCUT2D eigenvalue weighted by atomic mass is 10.1. The van der Waals surface area contributed by atoms with Gasteiger partial charge in [0.15, 0.2) is 0 Å². The van der Waals surface area contributed by atoms with Crippen LogP contribution in [0.5, 0.6) is 0 Å². The molecule has 0 aliphatic carbocycles. The van der Waals surface area contributed by atoms with Gasteiger partial charge in [-0.25, -0.2) is 0 Å². The van der Waals surface area contributed by atoms with Gasteiger partial charge in [-0.05, 0) is 17.7 Å². The van der Waals surface area contributed by atoms with Gasteiger partial charge < -0.3 is 0 Å². The van der Waals surface area contributed by atoms with Crippen LogP contribution in [0.3, 0.4) is 0 Å². The standard InChI is InChI=1S/C15H11ClOS2/c16-13-8-4-7-12(9-13)14(17)15(18)19-10-11-5-2-1-3-6-11/h1-9H,10H2. The van der Waals surface area contributed by atoms with Gasteiger partial charge in [0, 0.05) is 16.3 Å². The minimum Gasteiger partial charge on any atom is -0.287 e. The van der Waals surface area contributed by atoms with E-state index >= 15 is 0 Å². The molecule has 0 aromatic heterocycles. The van der Waals surface area contributed by atoms with Crippen LogP contribution >= 0.6 is 35.6 Å². The van der Waals surface area contributed by atoms with Crippen molar-refractivity contribution in [1.82, 2.24) is 0 Å². The molecule has 0 aliphatic heterocycles. The van der Waals surface area contributed by atoms with Gasteiger partial charge in [0.2, 0.25) is 5.78 Å². The van der Waals surface area contributed by atoms with Crippen molar-refractivity contribution in [2.75, 3.05) is 0 Å². The molecule has 0 saturated carbocycles. The van der Waals surface area contributed by atoms with Crippen molar-refractivity contribution in [3.63, 3.8) is 0 Å². The third-order valence-electron chi connectivity index (χ3n) is 2.48. The Hall–Kier alpha value is -1.16. The van der Waals surface area contributed by atoms with Gasteiger partial charge in [0.1, 0.15) is 4.20 Å². The predicted molar refractivity (Wildman–Crippen MR) is 86.1 cm³/mol. The van der Waals surface area contributed by atoms with Crippen molar-refractivity contribution < 1.29 is 4.79 Å². The Morgan fingerprint density at radius 2 is 1.84 bits per heavy atom. The molecule has 2 aromatic carbocycles. The molecule has 0 N–H and O–H groups in total. The van der Waals surface area contributed by atoms with Crippen LogP contribution in [0.1, 0.15) is 15.9 Å². The summed E-state index contributed by atoms with van der Waals surface area (Å²) in [6, 6.07) is 16.8. The van der Waals surface area contributed by atoms with Gasteiger partial charge in [0.05, 0.1) is 0 Å². The Morgan fingerprint density at radius 1 is 1.11 bits per heavy atom. The Kier molecular flexibility index (Phi) is 5.14. The third kappa shape index (κ3) is 4.16. The van der Waals surface area contributed by atoms with E-state index < -0.39 is 0 Å². The molecule has 0 fully saturated rings. The van der Waals surface area contributed by atoms with Crippen LogP contribution in [0.4, 0.5) is 0 Å². The molecule has 1 nitrogen and oxygen atoms in total. The first-order valence-corrected chi connectivity index (χ1v) is 7.45. The lowest BCUT2D eigenvalue weighted by Gasteiger charge is -2.04. The van der Waals surface area contributed by atoms with E-state index in [-0.39, 0.29) is 5.78 Å². The van der Waals surface area contributed by atoms with E-state index in [9.17, 15) is 4.79 Å². The molecule has 0 radical (unpaired) electrons. The number of thioether (sulfide) groups is 1. The van der Waals surface area contributed by atoms with Crippen molar-refractivity contribution in [2.45, 2.75) is 5.75 Å². The predicted octanol–water partition coefficient (Wildman–Crippen LogP) is 4.78. The molecule has 0 amide bonds. The summed E-state index contributed by atoms with van der Waals surface area (Å²) >= 11 is 12.4. The second-order valence-corrected chi connectivity index (χ2v) is 5.99. The molecule has 0 aliphatic rings. The summed E-state index contributed by atoms with van der Waals surface area (Å²) in [5.74, 6) is 0.560. The van der Waals surface area contributed by atoms with E-state index in [1.807, 2.05) is 30.3 Å². The van der Waals surface area contributed by atoms with E-state index in [0.717, 1.165) is 5.56 Å². The molecule has 2 aromatic rings. The largest absolute Gasteiger partial charge is 0.287 e. The highest BCUT2D eigenvalue weighted by Crippen LogP contribution is 2.18. The average molecular weight is 307 g/mol. The highest BCUT2D eigenvalue weighted by molar-refractivity contribution is 8.24. The molecular formula is C15H11ClOS2. The van der Waals surface area contributed by atoms with Gasteiger partial charge >= 0.3 is 0 Å². The Balaban J connectivity index is 1.99. The maximum Gasteiger partial charge on any atom is 0.210 e. The van der Waals surface area contributed by atoms with Crippen LogP contribution < -0.4 is 0 Å². The number of hydrogen-bond donors (Lipinski definition) is 0. The molecule has 2 rings (SSSR count). The zero-order chi connectivity index (χ0) is 13.7. The monoisotopic (exact) mass is 306 g/mol. The SMILES string of the molecule is O=C(C(=S)SCc1ccccc1)c1cccc(Cl)c1. The number of thiocarbonyl (C=S) groups is 1. The molecule has 96 valence electrons. The number of Topliss-reactive ketones (excluding diaryl/α,β-unsaturated/α-hetero) is 1. The molecule has 4 heteroatoms. The number of halogens is 1. The summed E-state index contributed by atoms with van der Waals surface area (Å²) in [4.78, 5) is 12.1. The first kappa shape index (κ1) is 14.3. The number of ketones is 1. The number of carbonyl (C=O) groups is 1. The first-order valence-electron chi connectivity index (χ1n) is 5.68. The van der Waals surface area contributed by atoms with Gasteiger partial charge in [-0.15, -0.1) is 11.8 Å². The van der Waals surface area contributed by atoms with Crippen LogP contribution in [-0.2, 0) is 5.75 Å². The Morgan fingerprint density at radius 3 is 2.53 bits per heavy atom. The fourth-order valence-electron chi connectivity index (χ4n) is 1.54. The van der Waals surface area contributed by atoms with Crippen LogP contribution in [0, 0.1) is 0 Å². The minimum atomic E-state index is -0.140. The summed E-state index contributed by atoms with van der Waals surface area (Å²) in [6.07, 6.45) is 0. The molecule has 0 heterocycles. The summed E-state index contributed by atoms with van der Waals surface area (Å²) in [7, 11) is 0. The van der Waals surface area contributed by atoms with E-state index in [2.05, 4.69) is 0 Å². The number of benzene rings is 2. The zero-order valence-electron chi connectivity index (χ0n) is 10.0. The highest BCUT2D eigenvalue weighted by Gasteiger charge is 2.13. The lowest BCUT2D eigenvalue weighted by molar-refractivity contribution is 0.107. The topological polar surface area (TPSA) is 17.1 Å². The molecular weight excluding hydrogens is 296 g/mol. The summed E-state index contributed by atoms with van der Waals surface area (Å²) in [5.41, 5.74) is 1.69. The maximum absolute atomic E-state index is 12.1. The van der Waals surface area contributed by atoms with E-state index in [0.29, 0.717) is 20.5 Å². The second-order valence-electron chi connectivity index (χ2n) is 3.90. The molecule has 0 saturated heterocycles. The number of carbonyl (C=O) groups excluding carboxylic acids is 1. The van der Waals surface area contributed by atoms with Crippen LogP contribution in [0.2, 0.25) is 5.02 Å². The van der Waals surface area contributed by atoms with E-state index in [4.69, 9.17) is 23.8 Å². The van der Waals surface area contributed by atoms with Crippen molar-refractivity contribution in [2.24, 2.45) is 0 Å². The fourth-order valence-corrected chi connectivity index (χ4v) is 2.76. The quantitative estimate of drug-likeness (QED) is 0.597. The maximum atomic E-state index is 12.1. The van der Waals surface area contributed by atoms with Crippen LogP contribution in [0.25, 0.3) is 0 Å². The van der Waals surface area contributed by atoms with Crippen LogP contribution in [0.15, 0.2) is 54.6 Å². The van der Waals surface area contributed by atoms with Gasteiger partial charge in [-0.2, -0.15) is 0 Å². The summed E-state index contributed by atoms with van der Waals surface area (Å²) in [6.45, 7) is 0. The molecule has 0 unspecified atom stereocenters. The van der Waals surface area contributed by atoms with E-state index in [1.54, 1.807) is 24.3 Å². The Bertz CT molecular complexity index is 596. The number of rotatable bonds is 4. The molecule has 19 heavy (non-hydrogen) atoms. The molecule has 0 spiro atoms. The van der Waals surface area contributed by atoms with Gasteiger partial charge in [-0.3, -0.25) is 4.79 Å². The average Bonchev–Trinajstić information content (AvgIpc) is 2.45. The minimum absolute atomic E-state index is 0.140. The van der Waals surface area contributed by atoms with Gasteiger partial charge in [0.25, 0.3) is 0 Å². The smallest absolute Gasteiger partial charge is 0.210 e. The zero-order valence-corrected chi connectivity index (χ0v) is 12.4. The second kappa shape index (κ2) is 6.85. The van der Waals surface area contributed by atoms with Crippen molar-refractivity contribution in [3.05, 3.63) is 70.7 Å². The number of hydrogen-bond acceptors (Lipinski definition) is 3. The van der Waals surface area contributed by atoms with Crippen molar-refractivity contribution in [1.29, 1.82) is 0 Å². The van der Waals surface area contributed by atoms with Crippen LogP contribution in [-0.4, -0.2) is 9.98 Å². The Labute approximate surface area is 127 Å². The first-order chi connectivity index (χ1) is 9.16. The van der Waals surface area contributed by atoms with Crippen molar-refractivity contribution >= 4 is 45.6 Å². The highest BCUT2D eigenvalue weighted by atomic mass is 35.5. The van der Waals surface area contributed by atoms with E-state index in [1.165, 1.54) is 11.8 Å². The normalized spacial score (nSPS) is 10.2. The molecule has 0 atom stereocenters. The molecule has 0 bridgehead atoms.